The first-order valence-corrected chi connectivity index (χ1v) is 11.0. The summed E-state index contributed by atoms with van der Waals surface area (Å²) in [4.78, 5) is 12.6. The van der Waals surface area contributed by atoms with Crippen LogP contribution in [0.5, 0.6) is 0 Å². The van der Waals surface area contributed by atoms with E-state index in [4.69, 9.17) is 17.5 Å². The molecule has 2 aromatic rings. The van der Waals surface area contributed by atoms with Crippen LogP contribution >= 0.6 is 0 Å². The van der Waals surface area contributed by atoms with Gasteiger partial charge in [0.25, 0.3) is 5.69 Å². The predicted octanol–water partition coefficient (Wildman–Crippen LogP) is 3.19. The molecule has 33 heavy (non-hydrogen) atoms. The predicted molar refractivity (Wildman–Crippen MR) is 121 cm³/mol. The van der Waals surface area contributed by atoms with Gasteiger partial charge in [-0.1, -0.05) is 0 Å². The summed E-state index contributed by atoms with van der Waals surface area (Å²) >= 11 is 0. The number of nitriles is 1. The summed E-state index contributed by atoms with van der Waals surface area (Å²) in [6, 6.07) is 13.6. The minimum absolute atomic E-state index is 0. The number of likely N-dealkylation sites (N-methyl/N-ethyl adjacent to an activating group) is 2. The molecule has 0 fully saturated rings. The Morgan fingerprint density at radius 3 is 2.15 bits per heavy atom. The van der Waals surface area contributed by atoms with Crippen molar-refractivity contribution in [3.63, 3.8) is 0 Å². The van der Waals surface area contributed by atoms with Crippen molar-refractivity contribution in [3.8, 4) is 6.07 Å². The van der Waals surface area contributed by atoms with Gasteiger partial charge in [-0.15, -0.1) is 5.11 Å². The quantitative estimate of drug-likeness (QED) is 0.139. The summed E-state index contributed by atoms with van der Waals surface area (Å²) in [5.74, 6) is 0. The van der Waals surface area contributed by atoms with Crippen LogP contribution in [-0.4, -0.2) is 67.7 Å². The van der Waals surface area contributed by atoms with Crippen LogP contribution in [0.3, 0.4) is 0 Å². The maximum absolute atomic E-state index is 10.8. The van der Waals surface area contributed by atoms with E-state index in [2.05, 4.69) is 43.2 Å². The van der Waals surface area contributed by atoms with E-state index in [1.165, 1.54) is 18.2 Å². The molecule has 0 radical (unpaired) electrons. The minimum atomic E-state index is -5.17. The summed E-state index contributed by atoms with van der Waals surface area (Å²) in [6.07, 6.45) is 0. The van der Waals surface area contributed by atoms with Crippen LogP contribution in [0.1, 0.15) is 13.9 Å². The SMILES string of the molecule is CCN(CC[N+](C)(C)C)c1ccc(N=Nc2ccc([N+](=O)[O-])cc2C#N)cc1.O=S(=O)([O-])[O-].[H+]. The van der Waals surface area contributed by atoms with E-state index >= 15 is 0 Å². The van der Waals surface area contributed by atoms with Crippen molar-refractivity contribution in [1.29, 1.82) is 5.26 Å². The lowest BCUT2D eigenvalue weighted by Crippen LogP contribution is -2.42. The Hall–Kier alpha value is -3.44. The highest BCUT2D eigenvalue weighted by atomic mass is 32.3. The Labute approximate surface area is 194 Å². The number of hydrogen-bond acceptors (Lipinski definition) is 10. The number of non-ortho nitro benzene ring substituents is 1. The second-order valence-corrected chi connectivity index (χ2v) is 8.61. The van der Waals surface area contributed by atoms with Gasteiger partial charge in [0.15, 0.2) is 0 Å². The van der Waals surface area contributed by atoms with Gasteiger partial charge in [-0.2, -0.15) is 10.4 Å². The maximum atomic E-state index is 10.8. The fourth-order valence-electron chi connectivity index (χ4n) is 2.55. The standard InChI is InChI=1S/C20H25N6O2.H2O4S/c1-5-24(12-13-26(2,3)4)18-8-6-17(7-9-18)22-23-20-11-10-19(25(27)28)14-16(20)15-21;1-5(2,3)4/h6-11,14H,5,12-13H2,1-4H3;(H2,1,2,3,4)/q+1;/p-1. The topological polar surface area (TPSA) is 175 Å². The van der Waals surface area contributed by atoms with Crippen molar-refractivity contribution in [2.45, 2.75) is 6.92 Å². The van der Waals surface area contributed by atoms with Gasteiger partial charge >= 0.3 is 1.43 Å². The van der Waals surface area contributed by atoms with E-state index in [1.54, 1.807) is 0 Å². The van der Waals surface area contributed by atoms with Gasteiger partial charge in [-0.05, 0) is 37.3 Å². The summed E-state index contributed by atoms with van der Waals surface area (Å²) in [6.45, 7) is 5.03. The maximum Gasteiger partial charge on any atom is 1.00 e. The monoisotopic (exact) mass is 478 g/mol. The molecule has 178 valence electrons. The Morgan fingerprint density at radius 2 is 1.70 bits per heavy atom. The minimum Gasteiger partial charge on any atom is -0.759 e. The molecule has 0 saturated carbocycles. The number of anilines is 1. The average molecular weight is 479 g/mol. The first-order chi connectivity index (χ1) is 15.2. The summed E-state index contributed by atoms with van der Waals surface area (Å²) in [5.41, 5.74) is 2.03. The molecule has 0 unspecified atom stereocenters. The van der Waals surface area contributed by atoms with Gasteiger partial charge in [0, 0.05) is 34.8 Å². The zero-order chi connectivity index (χ0) is 25.2. The number of rotatable bonds is 8. The molecule has 0 amide bonds. The number of hydrogen-bond donors (Lipinski definition) is 0. The number of quaternary nitrogens is 1. The smallest absolute Gasteiger partial charge is 0.759 e. The van der Waals surface area contributed by atoms with Gasteiger partial charge in [0.2, 0.25) is 0 Å². The zero-order valence-corrected chi connectivity index (χ0v) is 19.5. The van der Waals surface area contributed by atoms with Gasteiger partial charge in [-0.25, -0.2) is 0 Å². The van der Waals surface area contributed by atoms with E-state index in [0.717, 1.165) is 29.8 Å². The molecule has 0 aromatic heterocycles. The van der Waals surface area contributed by atoms with Crippen LogP contribution in [0.4, 0.5) is 22.7 Å². The summed E-state index contributed by atoms with van der Waals surface area (Å²) < 4.78 is 35.0. The highest BCUT2D eigenvalue weighted by molar-refractivity contribution is 7.79. The number of azo groups is 1. The lowest BCUT2D eigenvalue weighted by atomic mass is 10.2. The van der Waals surface area contributed by atoms with Crippen molar-refractivity contribution in [2.24, 2.45) is 10.2 Å². The van der Waals surface area contributed by atoms with E-state index in [-0.39, 0.29) is 12.7 Å². The molecule has 0 heterocycles. The lowest BCUT2D eigenvalue weighted by molar-refractivity contribution is -0.868. The van der Waals surface area contributed by atoms with E-state index in [0.29, 0.717) is 11.4 Å². The molecular formula is C20H26N6O6S. The number of benzene rings is 2. The molecule has 0 spiro atoms. The summed E-state index contributed by atoms with van der Waals surface area (Å²) in [5, 5.41) is 28.2. The normalized spacial score (nSPS) is 11.4. The van der Waals surface area contributed by atoms with Gasteiger partial charge in [-0.3, -0.25) is 18.5 Å². The van der Waals surface area contributed by atoms with Gasteiger partial charge < -0.3 is 18.5 Å². The molecule has 13 heteroatoms. The molecule has 0 aliphatic heterocycles. The molecule has 12 nitrogen and oxygen atoms in total. The van der Waals surface area contributed by atoms with Crippen LogP contribution < -0.4 is 4.90 Å². The first kappa shape index (κ1) is 27.6. The second-order valence-electron chi connectivity index (χ2n) is 7.79. The van der Waals surface area contributed by atoms with E-state index < -0.39 is 15.3 Å². The van der Waals surface area contributed by atoms with Crippen LogP contribution in [-0.2, 0) is 10.4 Å². The van der Waals surface area contributed by atoms with Crippen molar-refractivity contribution in [3.05, 3.63) is 58.1 Å². The molecule has 0 aliphatic rings. The molecule has 0 N–H and O–H groups in total. The Bertz CT molecular complexity index is 1120. The zero-order valence-electron chi connectivity index (χ0n) is 19.7. The van der Waals surface area contributed by atoms with Crippen LogP contribution in [0.25, 0.3) is 0 Å². The highest BCUT2D eigenvalue weighted by Gasteiger charge is 2.12. The molecule has 2 rings (SSSR count). The van der Waals surface area contributed by atoms with Crippen molar-refractivity contribution < 1.29 is 28.4 Å². The Morgan fingerprint density at radius 1 is 1.12 bits per heavy atom. The van der Waals surface area contributed by atoms with Crippen LogP contribution in [0.15, 0.2) is 52.7 Å². The van der Waals surface area contributed by atoms with Crippen molar-refractivity contribution in [1.82, 2.24) is 0 Å². The molecule has 2 aromatic carbocycles. The van der Waals surface area contributed by atoms with E-state index in [1.807, 2.05) is 30.3 Å². The molecule has 0 atom stereocenters. The highest BCUT2D eigenvalue weighted by Crippen LogP contribution is 2.27. The third-order valence-electron chi connectivity index (χ3n) is 4.22. The molecule has 0 bridgehead atoms. The van der Waals surface area contributed by atoms with Crippen LogP contribution in [0, 0.1) is 21.4 Å². The lowest BCUT2D eigenvalue weighted by Gasteiger charge is -2.29. The third-order valence-corrected chi connectivity index (χ3v) is 4.22. The van der Waals surface area contributed by atoms with Crippen molar-refractivity contribution >= 4 is 33.1 Å². The van der Waals surface area contributed by atoms with Gasteiger partial charge in [0.05, 0.1) is 50.4 Å². The largest absolute Gasteiger partial charge is 1.00 e. The van der Waals surface area contributed by atoms with E-state index in [9.17, 15) is 15.4 Å². The number of nitrogens with zero attached hydrogens (tertiary/aromatic N) is 6. The van der Waals surface area contributed by atoms with Gasteiger partial charge in [0.1, 0.15) is 11.8 Å². The average Bonchev–Trinajstić information content (AvgIpc) is 2.71. The Kier molecular flexibility index (Phi) is 10.0. The van der Waals surface area contributed by atoms with Crippen molar-refractivity contribution in [2.75, 3.05) is 45.7 Å². The third kappa shape index (κ3) is 11.1. The van der Waals surface area contributed by atoms with Crippen LogP contribution in [0.2, 0.25) is 0 Å². The molecule has 0 saturated heterocycles. The molecular weight excluding hydrogens is 452 g/mol. The fraction of sp³-hybridized carbons (Fsp3) is 0.350. The second kappa shape index (κ2) is 12.0. The number of nitro groups is 1. The summed E-state index contributed by atoms with van der Waals surface area (Å²) in [7, 11) is 1.35. The molecule has 0 aliphatic carbocycles. The Balaban J connectivity index is 0.00000164. The number of nitro benzene ring substituents is 1. The fourth-order valence-corrected chi connectivity index (χ4v) is 2.55. The first-order valence-electron chi connectivity index (χ1n) is 9.66.